The van der Waals surface area contributed by atoms with Gasteiger partial charge in [-0.2, -0.15) is 4.31 Å². The van der Waals surface area contributed by atoms with E-state index in [1.54, 1.807) is 26.0 Å². The van der Waals surface area contributed by atoms with Crippen LogP contribution in [-0.2, 0) is 19.6 Å². The number of halogens is 2. The number of fused-ring (bicyclic) bond motifs is 5. The van der Waals surface area contributed by atoms with Crippen LogP contribution >= 0.6 is 31.9 Å². The van der Waals surface area contributed by atoms with Crippen LogP contribution in [0.4, 0.5) is 5.69 Å². The van der Waals surface area contributed by atoms with Crippen molar-refractivity contribution >= 4 is 59.4 Å². The van der Waals surface area contributed by atoms with Gasteiger partial charge in [0.15, 0.2) is 0 Å². The summed E-state index contributed by atoms with van der Waals surface area (Å²) >= 11 is 7.35. The fourth-order valence-corrected chi connectivity index (χ4v) is 8.47. The third kappa shape index (κ3) is 2.76. The molecule has 152 valence electrons. The summed E-state index contributed by atoms with van der Waals surface area (Å²) in [4.78, 5) is 28.0. The minimum atomic E-state index is -3.66. The molecule has 4 rings (SSSR count). The van der Waals surface area contributed by atoms with E-state index < -0.39 is 10.0 Å². The first-order chi connectivity index (χ1) is 13.2. The van der Waals surface area contributed by atoms with Gasteiger partial charge in [-0.3, -0.25) is 9.59 Å². The lowest BCUT2D eigenvalue weighted by Gasteiger charge is -2.28. The molecule has 0 unspecified atom stereocenters. The summed E-state index contributed by atoms with van der Waals surface area (Å²) in [6.45, 7) is 4.28. The third-order valence-corrected chi connectivity index (χ3v) is 11.7. The van der Waals surface area contributed by atoms with E-state index in [9.17, 15) is 18.0 Å². The summed E-state index contributed by atoms with van der Waals surface area (Å²) in [7, 11) is -3.66. The molecule has 1 aliphatic heterocycles. The predicted molar refractivity (Wildman–Crippen MR) is 113 cm³/mol. The first-order valence-electron chi connectivity index (χ1n) is 9.50. The number of alkyl halides is 2. The summed E-state index contributed by atoms with van der Waals surface area (Å²) in [5, 5.41) is 0. The van der Waals surface area contributed by atoms with Crippen molar-refractivity contribution in [2.24, 2.45) is 23.7 Å². The number of rotatable bonds is 5. The zero-order valence-corrected chi connectivity index (χ0v) is 19.6. The van der Waals surface area contributed by atoms with E-state index in [-0.39, 0.29) is 50.0 Å². The highest BCUT2D eigenvalue weighted by molar-refractivity contribution is 9.12. The van der Waals surface area contributed by atoms with Crippen molar-refractivity contribution in [1.29, 1.82) is 0 Å². The number of sulfonamides is 1. The van der Waals surface area contributed by atoms with Gasteiger partial charge in [-0.25, -0.2) is 13.3 Å². The molecule has 1 saturated heterocycles. The molecule has 2 aliphatic carbocycles. The molecule has 3 aliphatic rings. The van der Waals surface area contributed by atoms with Crippen LogP contribution in [0.25, 0.3) is 0 Å². The average Bonchev–Trinajstić information content (AvgIpc) is 3.27. The van der Waals surface area contributed by atoms with E-state index in [2.05, 4.69) is 31.9 Å². The number of hydrogen-bond acceptors (Lipinski definition) is 4. The maximum absolute atomic E-state index is 13.2. The molecule has 6 atom stereocenters. The van der Waals surface area contributed by atoms with Gasteiger partial charge in [0.05, 0.1) is 22.4 Å². The van der Waals surface area contributed by atoms with E-state index in [4.69, 9.17) is 0 Å². The van der Waals surface area contributed by atoms with E-state index in [0.717, 1.165) is 6.42 Å². The molecule has 1 heterocycles. The van der Waals surface area contributed by atoms with Crippen LogP contribution in [-0.4, -0.2) is 47.3 Å². The predicted octanol–water partition coefficient (Wildman–Crippen LogP) is 3.00. The molecule has 0 N–H and O–H groups in total. The lowest BCUT2D eigenvalue weighted by atomic mass is 9.81. The van der Waals surface area contributed by atoms with Crippen LogP contribution < -0.4 is 4.90 Å². The largest absolute Gasteiger partial charge is 0.274 e. The summed E-state index contributed by atoms with van der Waals surface area (Å²) in [6.07, 6.45) is 0.864. The highest BCUT2D eigenvalue weighted by Gasteiger charge is 2.66. The van der Waals surface area contributed by atoms with Gasteiger partial charge in [-0.15, -0.1) is 0 Å². The molecule has 0 radical (unpaired) electrons. The van der Waals surface area contributed by atoms with Crippen LogP contribution in [0.2, 0.25) is 0 Å². The van der Waals surface area contributed by atoms with Gasteiger partial charge in [-0.1, -0.05) is 51.8 Å². The second-order valence-corrected chi connectivity index (χ2v) is 11.7. The van der Waals surface area contributed by atoms with Crippen molar-refractivity contribution in [1.82, 2.24) is 4.31 Å². The van der Waals surface area contributed by atoms with Crippen LogP contribution in [0.15, 0.2) is 29.2 Å². The molecule has 2 amide bonds. The fraction of sp³-hybridized carbons (Fsp3) is 0.579. The monoisotopic (exact) mass is 532 g/mol. The van der Waals surface area contributed by atoms with Gasteiger partial charge in [0, 0.05) is 22.7 Å². The Hall–Kier alpha value is -0.770. The molecule has 2 bridgehead atoms. The van der Waals surface area contributed by atoms with Crippen molar-refractivity contribution in [2.45, 2.75) is 34.8 Å². The van der Waals surface area contributed by atoms with Crippen molar-refractivity contribution in [3.05, 3.63) is 24.3 Å². The average molecular weight is 534 g/mol. The molecule has 6 nitrogen and oxygen atoms in total. The quantitative estimate of drug-likeness (QED) is 0.430. The Bertz CT molecular complexity index is 902. The fourth-order valence-electron chi connectivity index (χ4n) is 5.10. The Labute approximate surface area is 181 Å². The molecular formula is C19H22Br2N2O4S. The second-order valence-electron chi connectivity index (χ2n) is 7.60. The van der Waals surface area contributed by atoms with Crippen LogP contribution in [0.5, 0.6) is 0 Å². The van der Waals surface area contributed by atoms with Crippen molar-refractivity contribution in [3.8, 4) is 0 Å². The van der Waals surface area contributed by atoms with Gasteiger partial charge < -0.3 is 0 Å². The maximum Gasteiger partial charge on any atom is 0.243 e. The molecule has 0 spiro atoms. The first-order valence-corrected chi connectivity index (χ1v) is 12.8. The summed E-state index contributed by atoms with van der Waals surface area (Å²) in [5.41, 5.74) is 0.342. The van der Waals surface area contributed by atoms with Gasteiger partial charge >= 0.3 is 0 Å². The Balaban J connectivity index is 1.70. The summed E-state index contributed by atoms with van der Waals surface area (Å²) in [6, 6.07) is 6.19. The van der Waals surface area contributed by atoms with Gasteiger partial charge in [0.2, 0.25) is 21.8 Å². The first kappa shape index (κ1) is 20.5. The van der Waals surface area contributed by atoms with Crippen molar-refractivity contribution in [2.75, 3.05) is 18.0 Å². The molecule has 1 aromatic carbocycles. The topological polar surface area (TPSA) is 74.8 Å². The van der Waals surface area contributed by atoms with Crippen LogP contribution in [0, 0.1) is 23.7 Å². The number of benzene rings is 1. The van der Waals surface area contributed by atoms with E-state index in [0.29, 0.717) is 18.8 Å². The Kier molecular flexibility index (Phi) is 5.26. The van der Waals surface area contributed by atoms with Crippen molar-refractivity contribution in [3.63, 3.8) is 0 Å². The molecule has 2 saturated carbocycles. The maximum atomic E-state index is 13.2. The normalized spacial score (nSPS) is 34.5. The van der Waals surface area contributed by atoms with Crippen LogP contribution in [0.1, 0.15) is 20.3 Å². The number of anilines is 1. The van der Waals surface area contributed by atoms with Gasteiger partial charge in [0.1, 0.15) is 0 Å². The minimum Gasteiger partial charge on any atom is -0.274 e. The Morgan fingerprint density at radius 3 is 2.07 bits per heavy atom. The second kappa shape index (κ2) is 7.18. The summed E-state index contributed by atoms with van der Waals surface area (Å²) < 4.78 is 27.1. The zero-order valence-electron chi connectivity index (χ0n) is 15.6. The highest BCUT2D eigenvalue weighted by Crippen LogP contribution is 2.60. The van der Waals surface area contributed by atoms with E-state index in [1.807, 2.05) is 0 Å². The molecule has 3 fully saturated rings. The van der Waals surface area contributed by atoms with Gasteiger partial charge in [-0.05, 0) is 36.5 Å². The molecule has 1 aromatic rings. The highest BCUT2D eigenvalue weighted by atomic mass is 79.9. The number of amides is 2. The standard InChI is InChI=1S/C19H22Br2N2O4S/c1-3-22(4-2)28(26,27)11-7-5-6-10(8-11)23-18(24)14-12-9-13(15(14)19(23)25)17(21)16(12)20/h5-8,12-17H,3-4,9H2,1-2H3/t12-,13-,14-,15+,16+,17+/m1/s1. The number of carbonyl (C=O) groups excluding carboxylic acids is 2. The van der Waals surface area contributed by atoms with Crippen molar-refractivity contribution < 1.29 is 18.0 Å². The van der Waals surface area contributed by atoms with Gasteiger partial charge in [0.25, 0.3) is 0 Å². The smallest absolute Gasteiger partial charge is 0.243 e. The number of imide groups is 1. The Morgan fingerprint density at radius 2 is 1.57 bits per heavy atom. The molecular weight excluding hydrogens is 512 g/mol. The number of nitrogens with zero attached hydrogens (tertiary/aromatic N) is 2. The molecule has 9 heteroatoms. The Morgan fingerprint density at radius 1 is 1.04 bits per heavy atom. The SMILES string of the molecule is CCN(CC)S(=O)(=O)c1cccc(N2C(=O)[C@@H]3[C@H]4C[C@@H]([C@H](Br)[C@H]4Br)[C@@H]3C2=O)c1. The molecule has 0 aromatic heterocycles. The number of hydrogen-bond donors (Lipinski definition) is 0. The lowest BCUT2D eigenvalue weighted by Crippen LogP contribution is -2.37. The molecule has 28 heavy (non-hydrogen) atoms. The number of carbonyl (C=O) groups is 2. The zero-order chi connectivity index (χ0) is 20.4. The summed E-state index contributed by atoms with van der Waals surface area (Å²) in [5.74, 6) is -0.795. The van der Waals surface area contributed by atoms with Crippen LogP contribution in [0.3, 0.4) is 0 Å². The lowest BCUT2D eigenvalue weighted by molar-refractivity contribution is -0.123. The van der Waals surface area contributed by atoms with E-state index in [1.165, 1.54) is 21.3 Å². The third-order valence-electron chi connectivity index (χ3n) is 6.41. The minimum absolute atomic E-state index is 0.103. The van der Waals surface area contributed by atoms with E-state index >= 15 is 0 Å².